The van der Waals surface area contributed by atoms with Crippen LogP contribution in [0.3, 0.4) is 0 Å². The first-order valence-electron chi connectivity index (χ1n) is 9.64. The predicted molar refractivity (Wildman–Crippen MR) is 120 cm³/mol. The third-order valence-corrected chi connectivity index (χ3v) is 6.28. The average Bonchev–Trinajstić information content (AvgIpc) is 2.72. The predicted octanol–water partition coefficient (Wildman–Crippen LogP) is 4.58. The second kappa shape index (κ2) is 9.23. The van der Waals surface area contributed by atoms with Crippen molar-refractivity contribution in [3.63, 3.8) is 0 Å². The molecule has 1 unspecified atom stereocenters. The number of nitrogens with one attached hydrogen (secondary N) is 1. The van der Waals surface area contributed by atoms with E-state index in [0.29, 0.717) is 17.9 Å². The summed E-state index contributed by atoms with van der Waals surface area (Å²) in [6.07, 6.45) is 2.18. The lowest BCUT2D eigenvalue weighted by Crippen LogP contribution is -2.31. The summed E-state index contributed by atoms with van der Waals surface area (Å²) in [5.74, 6) is -1.15. The first kappa shape index (κ1) is 21.7. The quantitative estimate of drug-likeness (QED) is 0.443. The molecule has 0 fully saturated rings. The van der Waals surface area contributed by atoms with Crippen molar-refractivity contribution in [1.82, 2.24) is 9.97 Å². The van der Waals surface area contributed by atoms with Crippen molar-refractivity contribution in [3.8, 4) is 11.3 Å². The molecule has 0 aliphatic carbocycles. The van der Waals surface area contributed by atoms with E-state index in [0.717, 1.165) is 22.4 Å². The van der Waals surface area contributed by atoms with E-state index < -0.39 is 18.9 Å². The Morgan fingerprint density at radius 3 is 2.50 bits per heavy atom. The fourth-order valence-corrected chi connectivity index (χ4v) is 4.16. The lowest BCUT2D eigenvalue weighted by atomic mass is 10.1. The normalized spacial score (nSPS) is 12.3. The number of benzene rings is 2. The van der Waals surface area contributed by atoms with Gasteiger partial charge in [-0.05, 0) is 31.9 Å². The molecular weight excluding hydrogens is 397 g/mol. The Hall–Kier alpha value is -2.98. The number of esters is 1. The summed E-state index contributed by atoms with van der Waals surface area (Å²) in [6.45, 7) is 5.12. The van der Waals surface area contributed by atoms with Gasteiger partial charge in [-0.3, -0.25) is 0 Å². The van der Waals surface area contributed by atoms with Crippen LogP contribution in [0.5, 0.6) is 0 Å². The number of hydrogen-bond donors (Lipinski definition) is 1. The number of nitrogens with zero attached hydrogens (tertiary/aromatic N) is 2. The van der Waals surface area contributed by atoms with E-state index in [1.807, 2.05) is 61.5 Å². The van der Waals surface area contributed by atoms with Crippen molar-refractivity contribution >= 4 is 18.9 Å². The lowest BCUT2D eigenvalue weighted by Gasteiger charge is -2.22. The second-order valence-electron chi connectivity index (χ2n) is 7.59. The van der Waals surface area contributed by atoms with Gasteiger partial charge in [-0.25, -0.2) is 14.8 Å². The van der Waals surface area contributed by atoms with Crippen LogP contribution in [0.15, 0.2) is 60.8 Å². The van der Waals surface area contributed by atoms with Crippen molar-refractivity contribution in [3.05, 3.63) is 77.6 Å². The van der Waals surface area contributed by atoms with Gasteiger partial charge >= 0.3 is 5.97 Å². The number of methoxy groups -OCH3 is 1. The number of aryl methyl sites for hydroxylation is 1. The smallest absolute Gasteiger partial charge is 0.336 e. The highest BCUT2D eigenvalue weighted by Crippen LogP contribution is 2.43. The van der Waals surface area contributed by atoms with Gasteiger partial charge in [0.2, 0.25) is 0 Å². The Morgan fingerprint density at radius 1 is 1.13 bits per heavy atom. The van der Waals surface area contributed by atoms with Crippen LogP contribution in [0.1, 0.15) is 16.8 Å². The van der Waals surface area contributed by atoms with Gasteiger partial charge in [0.25, 0.3) is 0 Å². The summed E-state index contributed by atoms with van der Waals surface area (Å²) in [5.41, 5.74) is 4.56. The molecule has 0 saturated carbocycles. The summed E-state index contributed by atoms with van der Waals surface area (Å²) in [4.78, 5) is 21.6. The van der Waals surface area contributed by atoms with E-state index >= 15 is 0 Å². The Labute approximate surface area is 177 Å². The average molecular weight is 423 g/mol. The number of rotatable bonds is 7. The van der Waals surface area contributed by atoms with Crippen LogP contribution in [0, 0.1) is 6.92 Å². The van der Waals surface area contributed by atoms with Gasteiger partial charge in [-0.15, -0.1) is 0 Å². The number of ether oxygens (including phenoxy) is 1. The zero-order valence-corrected chi connectivity index (χ0v) is 18.5. The van der Waals surface area contributed by atoms with Crippen molar-refractivity contribution in [2.45, 2.75) is 19.1 Å². The zero-order chi connectivity index (χ0) is 21.7. The first-order valence-corrected chi connectivity index (χ1v) is 12.3. The highest BCUT2D eigenvalue weighted by molar-refractivity contribution is 7.64. The molecule has 7 heteroatoms. The molecule has 0 amide bonds. The van der Waals surface area contributed by atoms with Crippen LogP contribution in [0.4, 0.5) is 5.82 Å². The number of carbonyl (C=O) groups is 1. The second-order valence-corrected chi connectivity index (χ2v) is 11.0. The lowest BCUT2D eigenvalue weighted by molar-refractivity contribution is -0.139. The molecule has 3 aromatic rings. The van der Waals surface area contributed by atoms with Gasteiger partial charge in [0.15, 0.2) is 5.78 Å². The first-order chi connectivity index (χ1) is 14.3. The molecule has 1 heterocycles. The molecule has 0 spiro atoms. The number of carbonyl (C=O) groups excluding carboxylic acids is 1. The molecule has 1 N–H and O–H groups in total. The minimum atomic E-state index is -2.85. The van der Waals surface area contributed by atoms with Crippen LogP contribution in [-0.2, 0) is 20.5 Å². The van der Waals surface area contributed by atoms with Crippen LogP contribution in [-0.4, -0.2) is 42.2 Å². The highest BCUT2D eigenvalue weighted by atomic mass is 31.2. The fourth-order valence-electron chi connectivity index (χ4n) is 3.11. The standard InChI is InChI=1S/C23H26N3O3P/c1-16-9-8-12-18(13-16)20-15-24-21(26-22(23(27)29-2)30(3,4)28)19(25-20)14-17-10-6-5-7-11-17/h5-13,15,22H,14H2,1-4H3,(H,24,26). The molecule has 1 atom stereocenters. The van der Waals surface area contributed by atoms with Gasteiger partial charge < -0.3 is 14.6 Å². The maximum absolute atomic E-state index is 12.7. The number of anilines is 1. The summed E-state index contributed by atoms with van der Waals surface area (Å²) in [5, 5.41) is 3.04. The zero-order valence-electron chi connectivity index (χ0n) is 17.6. The van der Waals surface area contributed by atoms with Gasteiger partial charge in [-0.1, -0.05) is 54.1 Å². The van der Waals surface area contributed by atoms with Crippen molar-refractivity contribution in [1.29, 1.82) is 0 Å². The molecule has 6 nitrogen and oxygen atoms in total. The van der Waals surface area contributed by atoms with E-state index in [-0.39, 0.29) is 0 Å². The molecular formula is C23H26N3O3P. The Morgan fingerprint density at radius 2 is 1.87 bits per heavy atom. The molecule has 1 aromatic heterocycles. The Bertz CT molecular complexity index is 1080. The SMILES string of the molecule is COC(=O)C(Nc1ncc(-c2cccc(C)c2)nc1Cc1ccccc1)P(C)(C)=O. The Balaban J connectivity index is 2.04. The highest BCUT2D eigenvalue weighted by Gasteiger charge is 2.32. The van der Waals surface area contributed by atoms with E-state index in [9.17, 15) is 9.36 Å². The van der Waals surface area contributed by atoms with Gasteiger partial charge in [0, 0.05) is 12.0 Å². The summed E-state index contributed by atoms with van der Waals surface area (Å²) >= 11 is 0. The molecule has 0 radical (unpaired) electrons. The maximum atomic E-state index is 12.7. The van der Waals surface area contributed by atoms with Crippen molar-refractivity contribution in [2.75, 3.05) is 25.8 Å². The fraction of sp³-hybridized carbons (Fsp3) is 0.261. The molecule has 3 rings (SSSR count). The monoisotopic (exact) mass is 423 g/mol. The van der Waals surface area contributed by atoms with Gasteiger partial charge in [-0.2, -0.15) is 0 Å². The largest absolute Gasteiger partial charge is 0.467 e. The molecule has 2 aromatic carbocycles. The minimum absolute atomic E-state index is 0.426. The molecule has 30 heavy (non-hydrogen) atoms. The van der Waals surface area contributed by atoms with Crippen LogP contribution in [0.2, 0.25) is 0 Å². The summed E-state index contributed by atoms with van der Waals surface area (Å²) in [6, 6.07) is 17.9. The van der Waals surface area contributed by atoms with Crippen molar-refractivity contribution < 1.29 is 14.1 Å². The number of hydrogen-bond acceptors (Lipinski definition) is 6. The topological polar surface area (TPSA) is 81.2 Å². The molecule has 0 bridgehead atoms. The van der Waals surface area contributed by atoms with E-state index in [1.165, 1.54) is 7.11 Å². The van der Waals surface area contributed by atoms with Crippen LogP contribution < -0.4 is 5.32 Å². The van der Waals surface area contributed by atoms with E-state index in [4.69, 9.17) is 9.72 Å². The van der Waals surface area contributed by atoms with Gasteiger partial charge in [0.1, 0.15) is 13.0 Å². The van der Waals surface area contributed by atoms with Crippen LogP contribution in [0.25, 0.3) is 11.3 Å². The maximum Gasteiger partial charge on any atom is 0.336 e. The molecule has 0 saturated heterocycles. The third kappa shape index (κ3) is 5.33. The minimum Gasteiger partial charge on any atom is -0.467 e. The third-order valence-electron chi connectivity index (χ3n) is 4.69. The number of aromatic nitrogens is 2. The molecule has 156 valence electrons. The van der Waals surface area contributed by atoms with E-state index in [2.05, 4.69) is 10.3 Å². The Kier molecular flexibility index (Phi) is 6.68. The van der Waals surface area contributed by atoms with Crippen LogP contribution >= 0.6 is 7.14 Å². The van der Waals surface area contributed by atoms with Gasteiger partial charge in [0.05, 0.1) is 24.7 Å². The van der Waals surface area contributed by atoms with E-state index in [1.54, 1.807) is 19.5 Å². The summed E-state index contributed by atoms with van der Waals surface area (Å²) in [7, 11) is -1.56. The molecule has 0 aliphatic heterocycles. The molecule has 0 aliphatic rings. The van der Waals surface area contributed by atoms with Crippen molar-refractivity contribution in [2.24, 2.45) is 0 Å². The summed E-state index contributed by atoms with van der Waals surface area (Å²) < 4.78 is 17.6.